The van der Waals surface area contributed by atoms with Gasteiger partial charge in [-0.3, -0.25) is 4.98 Å². The largest absolute Gasteiger partial charge is 0.506 e. The summed E-state index contributed by atoms with van der Waals surface area (Å²) in [6.45, 7) is 0. The van der Waals surface area contributed by atoms with E-state index in [1.807, 2.05) is 0 Å². The van der Waals surface area contributed by atoms with Gasteiger partial charge in [-0.25, -0.2) is 0 Å². The highest BCUT2D eigenvalue weighted by Gasteiger charge is 2.01. The predicted octanol–water partition coefficient (Wildman–Crippen LogP) is 1.98. The molecule has 4 heteroatoms. The number of pyridine rings is 1. The van der Waals surface area contributed by atoms with Gasteiger partial charge < -0.3 is 5.11 Å². The Morgan fingerprint density at radius 3 is 2.92 bits per heavy atom. The summed E-state index contributed by atoms with van der Waals surface area (Å²) in [6.07, 6.45) is 5.33. The van der Waals surface area contributed by atoms with Crippen molar-refractivity contribution in [3.63, 3.8) is 0 Å². The summed E-state index contributed by atoms with van der Waals surface area (Å²) in [5.41, 5.74) is 0.410. The number of aromatic nitrogens is 1. The molecule has 0 unspecified atom stereocenters. The van der Waals surface area contributed by atoms with Crippen molar-refractivity contribution in [1.82, 2.24) is 4.98 Å². The minimum Gasteiger partial charge on any atom is -0.506 e. The highest BCUT2D eigenvalue weighted by molar-refractivity contribution is 6.32. The molecule has 3 nitrogen and oxygen atoms in total. The molecule has 0 aliphatic rings. The lowest BCUT2D eigenvalue weighted by atomic mass is 10.2. The second-order valence-corrected chi connectivity index (χ2v) is 2.42. The van der Waals surface area contributed by atoms with Crippen LogP contribution in [-0.2, 0) is 0 Å². The standard InChI is InChI=1S/C8H5ClN2O/c9-7-4-11-5-8(12)6(7)2-1-3-10/h1-2,4-5,12H/b2-1+. The number of nitriles is 1. The van der Waals surface area contributed by atoms with Gasteiger partial charge in [-0.1, -0.05) is 11.6 Å². The Balaban J connectivity index is 3.15. The lowest BCUT2D eigenvalue weighted by Crippen LogP contribution is -1.79. The molecule has 1 aromatic heterocycles. The highest BCUT2D eigenvalue weighted by Crippen LogP contribution is 2.24. The van der Waals surface area contributed by atoms with E-state index >= 15 is 0 Å². The first kappa shape index (κ1) is 8.57. The summed E-state index contributed by atoms with van der Waals surface area (Å²) in [5, 5.41) is 17.8. The Morgan fingerprint density at radius 2 is 2.33 bits per heavy atom. The number of aromatic hydroxyl groups is 1. The molecule has 60 valence electrons. The third kappa shape index (κ3) is 1.74. The molecule has 0 aliphatic heterocycles. The van der Waals surface area contributed by atoms with E-state index in [9.17, 15) is 5.11 Å². The third-order valence-electron chi connectivity index (χ3n) is 1.24. The van der Waals surface area contributed by atoms with Crippen LogP contribution in [0.5, 0.6) is 5.75 Å². The zero-order chi connectivity index (χ0) is 8.97. The van der Waals surface area contributed by atoms with Crippen LogP contribution in [0.25, 0.3) is 6.08 Å². The summed E-state index contributed by atoms with van der Waals surface area (Å²) in [6, 6.07) is 1.80. The van der Waals surface area contributed by atoms with Gasteiger partial charge in [0.15, 0.2) is 0 Å². The molecule has 0 bridgehead atoms. The first-order valence-corrected chi connectivity index (χ1v) is 3.52. The fraction of sp³-hybridized carbons (Fsp3) is 0. The molecule has 0 spiro atoms. The number of halogens is 1. The molecule has 0 atom stereocenters. The number of rotatable bonds is 1. The van der Waals surface area contributed by atoms with E-state index < -0.39 is 0 Å². The van der Waals surface area contributed by atoms with E-state index in [2.05, 4.69) is 4.98 Å². The SMILES string of the molecule is N#C/C=C/c1c(O)cncc1Cl. The molecule has 12 heavy (non-hydrogen) atoms. The van der Waals surface area contributed by atoms with Crippen LogP contribution in [0.3, 0.4) is 0 Å². The number of allylic oxidation sites excluding steroid dienone is 1. The average Bonchev–Trinajstić information content (AvgIpc) is 2.04. The fourth-order valence-electron chi connectivity index (χ4n) is 0.720. The molecule has 0 saturated heterocycles. The van der Waals surface area contributed by atoms with Gasteiger partial charge in [-0.05, 0) is 6.08 Å². The zero-order valence-electron chi connectivity index (χ0n) is 6.03. The fourth-order valence-corrected chi connectivity index (χ4v) is 0.936. The van der Waals surface area contributed by atoms with E-state index in [1.165, 1.54) is 24.5 Å². The monoisotopic (exact) mass is 180 g/mol. The summed E-state index contributed by atoms with van der Waals surface area (Å²) in [5.74, 6) is -0.0333. The molecule has 0 saturated carbocycles. The first-order chi connectivity index (χ1) is 5.75. The summed E-state index contributed by atoms with van der Waals surface area (Å²) < 4.78 is 0. The maximum atomic E-state index is 9.21. The minimum absolute atomic E-state index is 0.0333. The van der Waals surface area contributed by atoms with Crippen molar-refractivity contribution in [3.8, 4) is 11.8 Å². The van der Waals surface area contributed by atoms with Gasteiger partial charge in [-0.15, -0.1) is 0 Å². The van der Waals surface area contributed by atoms with Gasteiger partial charge in [-0.2, -0.15) is 5.26 Å². The second kappa shape index (κ2) is 3.74. The van der Waals surface area contributed by atoms with E-state index in [-0.39, 0.29) is 5.75 Å². The molecule has 0 radical (unpaired) electrons. The van der Waals surface area contributed by atoms with Crippen molar-refractivity contribution in [2.45, 2.75) is 0 Å². The lowest BCUT2D eigenvalue weighted by molar-refractivity contribution is 0.471. The van der Waals surface area contributed by atoms with Crippen molar-refractivity contribution in [3.05, 3.63) is 29.1 Å². The van der Waals surface area contributed by atoms with Crippen molar-refractivity contribution >= 4 is 17.7 Å². The molecule has 1 aromatic rings. The van der Waals surface area contributed by atoms with Crippen LogP contribution in [0.15, 0.2) is 18.5 Å². The highest BCUT2D eigenvalue weighted by atomic mass is 35.5. The van der Waals surface area contributed by atoms with Crippen molar-refractivity contribution < 1.29 is 5.11 Å². The maximum absolute atomic E-state index is 9.21. The average molecular weight is 181 g/mol. The molecular formula is C8H5ClN2O. The van der Waals surface area contributed by atoms with Crippen LogP contribution in [0, 0.1) is 11.3 Å². The van der Waals surface area contributed by atoms with Gasteiger partial charge in [0.1, 0.15) is 5.75 Å². The smallest absolute Gasteiger partial charge is 0.142 e. The van der Waals surface area contributed by atoms with E-state index in [0.29, 0.717) is 10.6 Å². The predicted molar refractivity (Wildman–Crippen MR) is 45.6 cm³/mol. The van der Waals surface area contributed by atoms with Gasteiger partial charge in [0, 0.05) is 17.8 Å². The number of nitrogens with zero attached hydrogens (tertiary/aromatic N) is 2. The normalized spacial score (nSPS) is 10.0. The van der Waals surface area contributed by atoms with Crippen LogP contribution in [-0.4, -0.2) is 10.1 Å². The van der Waals surface area contributed by atoms with Crippen molar-refractivity contribution in [1.29, 1.82) is 5.26 Å². The van der Waals surface area contributed by atoms with Crippen LogP contribution in [0.2, 0.25) is 5.02 Å². The maximum Gasteiger partial charge on any atom is 0.142 e. The zero-order valence-corrected chi connectivity index (χ0v) is 6.78. The molecule has 1 rings (SSSR count). The quantitative estimate of drug-likeness (QED) is 0.673. The second-order valence-electron chi connectivity index (χ2n) is 2.02. The Morgan fingerprint density at radius 1 is 1.58 bits per heavy atom. The van der Waals surface area contributed by atoms with Crippen LogP contribution in [0.4, 0.5) is 0 Å². The molecule has 1 heterocycles. The Labute approximate surface area is 74.5 Å². The lowest BCUT2D eigenvalue weighted by Gasteiger charge is -1.98. The summed E-state index contributed by atoms with van der Waals surface area (Å²) in [7, 11) is 0. The van der Waals surface area contributed by atoms with E-state index in [4.69, 9.17) is 16.9 Å². The van der Waals surface area contributed by atoms with Gasteiger partial charge in [0.2, 0.25) is 0 Å². The Kier molecular flexibility index (Phi) is 2.67. The Hall–Kier alpha value is -1.53. The molecule has 0 aliphatic carbocycles. The van der Waals surface area contributed by atoms with Crippen molar-refractivity contribution in [2.24, 2.45) is 0 Å². The first-order valence-electron chi connectivity index (χ1n) is 3.14. The van der Waals surface area contributed by atoms with Crippen LogP contribution in [0.1, 0.15) is 5.56 Å². The topological polar surface area (TPSA) is 56.9 Å². The minimum atomic E-state index is -0.0333. The molecule has 1 N–H and O–H groups in total. The summed E-state index contributed by atoms with van der Waals surface area (Å²) >= 11 is 5.68. The third-order valence-corrected chi connectivity index (χ3v) is 1.54. The molecular weight excluding hydrogens is 176 g/mol. The van der Waals surface area contributed by atoms with Gasteiger partial charge >= 0.3 is 0 Å². The van der Waals surface area contributed by atoms with Crippen molar-refractivity contribution in [2.75, 3.05) is 0 Å². The van der Waals surface area contributed by atoms with Crippen LogP contribution < -0.4 is 0 Å². The van der Waals surface area contributed by atoms with Gasteiger partial charge in [0.05, 0.1) is 17.3 Å². The Bertz CT molecular complexity index is 334. The van der Waals surface area contributed by atoms with Gasteiger partial charge in [0.25, 0.3) is 0 Å². The summed E-state index contributed by atoms with van der Waals surface area (Å²) in [4.78, 5) is 3.65. The number of hydrogen-bond donors (Lipinski definition) is 1. The van der Waals surface area contributed by atoms with Crippen LogP contribution >= 0.6 is 11.6 Å². The molecule has 0 amide bonds. The van der Waals surface area contributed by atoms with E-state index in [1.54, 1.807) is 6.07 Å². The van der Waals surface area contributed by atoms with E-state index in [0.717, 1.165) is 0 Å². The number of hydrogen-bond acceptors (Lipinski definition) is 3. The molecule has 0 aromatic carbocycles. The molecule has 0 fully saturated rings.